The average Bonchev–Trinajstić information content (AvgIpc) is 2.76. The van der Waals surface area contributed by atoms with Gasteiger partial charge in [0.2, 0.25) is 0 Å². The van der Waals surface area contributed by atoms with E-state index in [4.69, 9.17) is 0 Å². The van der Waals surface area contributed by atoms with E-state index in [1.807, 2.05) is 24.3 Å². The van der Waals surface area contributed by atoms with Gasteiger partial charge in [-0.15, -0.1) is 0 Å². The number of aromatic amines is 1. The molecule has 3 rings (SSSR count). The Hall–Kier alpha value is -1.61. The van der Waals surface area contributed by atoms with Crippen LogP contribution in [0, 0.1) is 6.92 Å². The van der Waals surface area contributed by atoms with Crippen LogP contribution in [0.2, 0.25) is 0 Å². The lowest BCUT2D eigenvalue weighted by Crippen LogP contribution is -1.82. The van der Waals surface area contributed by atoms with Crippen molar-refractivity contribution < 1.29 is 0 Å². The fraction of sp³-hybridized carbons (Fsp3) is 0.0714. The van der Waals surface area contributed by atoms with Crippen molar-refractivity contribution in [1.82, 2.24) is 9.97 Å². The zero-order chi connectivity index (χ0) is 11.8. The molecule has 1 aromatic heterocycles. The molecule has 0 spiro atoms. The van der Waals surface area contributed by atoms with Crippen molar-refractivity contribution in [2.45, 2.75) is 6.92 Å². The van der Waals surface area contributed by atoms with E-state index >= 15 is 0 Å². The fourth-order valence-corrected chi connectivity index (χ4v) is 2.21. The van der Waals surface area contributed by atoms with Gasteiger partial charge in [0.1, 0.15) is 5.82 Å². The Labute approximate surface area is 108 Å². The molecular weight excluding hydrogens is 276 g/mol. The summed E-state index contributed by atoms with van der Waals surface area (Å²) in [4.78, 5) is 7.90. The third-order valence-electron chi connectivity index (χ3n) is 2.83. The molecule has 0 saturated heterocycles. The van der Waals surface area contributed by atoms with Gasteiger partial charge >= 0.3 is 0 Å². The average molecular weight is 287 g/mol. The lowest BCUT2D eigenvalue weighted by Gasteiger charge is -2.00. The lowest BCUT2D eigenvalue weighted by molar-refractivity contribution is 1.32. The number of halogens is 1. The minimum Gasteiger partial charge on any atom is -0.338 e. The minimum absolute atomic E-state index is 0.909. The molecule has 0 amide bonds. The quantitative estimate of drug-likeness (QED) is 0.710. The molecule has 0 unspecified atom stereocenters. The molecule has 0 atom stereocenters. The molecule has 3 heteroatoms. The third kappa shape index (κ3) is 1.87. The van der Waals surface area contributed by atoms with Crippen LogP contribution >= 0.6 is 15.9 Å². The Morgan fingerprint density at radius 2 is 1.94 bits per heavy atom. The molecule has 0 saturated carbocycles. The summed E-state index contributed by atoms with van der Waals surface area (Å²) in [5.74, 6) is 0.909. The molecule has 0 radical (unpaired) electrons. The molecule has 0 bridgehead atoms. The number of aromatic nitrogens is 2. The van der Waals surface area contributed by atoms with Crippen LogP contribution < -0.4 is 0 Å². The summed E-state index contributed by atoms with van der Waals surface area (Å²) in [7, 11) is 0. The molecule has 17 heavy (non-hydrogen) atoms. The number of rotatable bonds is 1. The van der Waals surface area contributed by atoms with Gasteiger partial charge in [-0.05, 0) is 30.7 Å². The number of nitrogens with one attached hydrogen (secondary N) is 1. The van der Waals surface area contributed by atoms with E-state index in [0.717, 1.165) is 26.9 Å². The number of benzene rings is 2. The fourth-order valence-electron chi connectivity index (χ4n) is 1.83. The maximum atomic E-state index is 4.58. The van der Waals surface area contributed by atoms with Gasteiger partial charge in [-0.2, -0.15) is 0 Å². The Kier molecular flexibility index (Phi) is 2.48. The standard InChI is InChI=1S/C14H11BrN2/c1-9-6-7-10(8-11(9)15)14-16-12-4-2-3-5-13(12)17-14/h2-8H,1H3,(H,16,17). The van der Waals surface area contributed by atoms with Crippen LogP contribution in [0.1, 0.15) is 5.56 Å². The van der Waals surface area contributed by atoms with Gasteiger partial charge in [0.25, 0.3) is 0 Å². The van der Waals surface area contributed by atoms with Crippen molar-refractivity contribution >= 4 is 27.0 Å². The smallest absolute Gasteiger partial charge is 0.138 e. The van der Waals surface area contributed by atoms with Crippen molar-refractivity contribution in [3.63, 3.8) is 0 Å². The molecule has 2 nitrogen and oxygen atoms in total. The van der Waals surface area contributed by atoms with Gasteiger partial charge in [0.05, 0.1) is 11.0 Å². The van der Waals surface area contributed by atoms with Crippen molar-refractivity contribution in [2.75, 3.05) is 0 Å². The van der Waals surface area contributed by atoms with Gasteiger partial charge in [0.15, 0.2) is 0 Å². The summed E-state index contributed by atoms with van der Waals surface area (Å²) in [6.45, 7) is 2.08. The summed E-state index contributed by atoms with van der Waals surface area (Å²) in [6, 6.07) is 14.3. The van der Waals surface area contributed by atoms with Gasteiger partial charge in [-0.1, -0.05) is 40.2 Å². The van der Waals surface area contributed by atoms with E-state index in [2.05, 4.69) is 51.0 Å². The first-order valence-electron chi connectivity index (χ1n) is 5.45. The number of imidazole rings is 1. The largest absolute Gasteiger partial charge is 0.338 e. The van der Waals surface area contributed by atoms with Crippen LogP contribution in [0.3, 0.4) is 0 Å². The van der Waals surface area contributed by atoms with Gasteiger partial charge in [-0.3, -0.25) is 0 Å². The minimum atomic E-state index is 0.909. The highest BCUT2D eigenvalue weighted by atomic mass is 79.9. The number of hydrogen-bond acceptors (Lipinski definition) is 1. The Morgan fingerprint density at radius 3 is 2.71 bits per heavy atom. The SMILES string of the molecule is Cc1ccc(-c2nc3ccccc3[nH]2)cc1Br. The molecule has 0 aliphatic rings. The lowest BCUT2D eigenvalue weighted by atomic mass is 10.1. The van der Waals surface area contributed by atoms with E-state index in [0.29, 0.717) is 0 Å². The van der Waals surface area contributed by atoms with E-state index in [-0.39, 0.29) is 0 Å². The summed E-state index contributed by atoms with van der Waals surface area (Å²) in [6.07, 6.45) is 0. The molecule has 0 aliphatic heterocycles. The highest BCUT2D eigenvalue weighted by Crippen LogP contribution is 2.25. The Bertz CT molecular complexity index is 653. The van der Waals surface area contributed by atoms with Crippen LogP contribution in [-0.2, 0) is 0 Å². The molecule has 0 aliphatic carbocycles. The van der Waals surface area contributed by atoms with Crippen LogP contribution in [0.4, 0.5) is 0 Å². The van der Waals surface area contributed by atoms with E-state index < -0.39 is 0 Å². The Morgan fingerprint density at radius 1 is 1.12 bits per heavy atom. The summed E-state index contributed by atoms with van der Waals surface area (Å²) < 4.78 is 1.11. The number of nitrogens with zero attached hydrogens (tertiary/aromatic N) is 1. The highest BCUT2D eigenvalue weighted by molar-refractivity contribution is 9.10. The van der Waals surface area contributed by atoms with Crippen LogP contribution in [0.15, 0.2) is 46.9 Å². The predicted molar refractivity (Wildman–Crippen MR) is 74.0 cm³/mol. The monoisotopic (exact) mass is 286 g/mol. The third-order valence-corrected chi connectivity index (χ3v) is 3.69. The molecular formula is C14H11BrN2. The van der Waals surface area contributed by atoms with E-state index in [1.54, 1.807) is 0 Å². The molecule has 84 valence electrons. The first-order valence-corrected chi connectivity index (χ1v) is 6.24. The molecule has 2 aromatic carbocycles. The second-order valence-electron chi connectivity index (χ2n) is 4.07. The second kappa shape index (κ2) is 4.00. The molecule has 1 heterocycles. The summed E-state index contributed by atoms with van der Waals surface area (Å²) >= 11 is 3.55. The maximum absolute atomic E-state index is 4.58. The molecule has 3 aromatic rings. The number of H-pyrrole nitrogens is 1. The van der Waals surface area contributed by atoms with Crippen molar-refractivity contribution in [3.05, 3.63) is 52.5 Å². The highest BCUT2D eigenvalue weighted by Gasteiger charge is 2.05. The van der Waals surface area contributed by atoms with E-state index in [9.17, 15) is 0 Å². The number of fused-ring (bicyclic) bond motifs is 1. The number of hydrogen-bond donors (Lipinski definition) is 1. The first kappa shape index (κ1) is 10.5. The topological polar surface area (TPSA) is 28.7 Å². The van der Waals surface area contributed by atoms with Crippen molar-refractivity contribution in [2.24, 2.45) is 0 Å². The zero-order valence-corrected chi connectivity index (χ0v) is 11.0. The van der Waals surface area contributed by atoms with Gasteiger partial charge in [-0.25, -0.2) is 4.98 Å². The van der Waals surface area contributed by atoms with Crippen LogP contribution in [0.25, 0.3) is 22.4 Å². The first-order chi connectivity index (χ1) is 8.24. The van der Waals surface area contributed by atoms with Gasteiger partial charge < -0.3 is 4.98 Å². The normalized spacial score (nSPS) is 10.9. The van der Waals surface area contributed by atoms with Crippen molar-refractivity contribution in [3.8, 4) is 11.4 Å². The zero-order valence-electron chi connectivity index (χ0n) is 9.37. The second-order valence-corrected chi connectivity index (χ2v) is 4.92. The van der Waals surface area contributed by atoms with E-state index in [1.165, 1.54) is 5.56 Å². The summed E-state index contributed by atoms with van der Waals surface area (Å²) in [5, 5.41) is 0. The van der Waals surface area contributed by atoms with Crippen LogP contribution in [0.5, 0.6) is 0 Å². The number of para-hydroxylation sites is 2. The predicted octanol–water partition coefficient (Wildman–Crippen LogP) is 4.30. The summed E-state index contributed by atoms with van der Waals surface area (Å²) in [5.41, 5.74) is 4.39. The number of aryl methyl sites for hydroxylation is 1. The van der Waals surface area contributed by atoms with Crippen LogP contribution in [-0.4, -0.2) is 9.97 Å². The van der Waals surface area contributed by atoms with Gasteiger partial charge in [0, 0.05) is 10.0 Å². The molecule has 0 fully saturated rings. The van der Waals surface area contributed by atoms with Crippen molar-refractivity contribution in [1.29, 1.82) is 0 Å². The molecule has 1 N–H and O–H groups in total. The maximum Gasteiger partial charge on any atom is 0.138 e. The Balaban J connectivity index is 2.17.